The Morgan fingerprint density at radius 2 is 1.74 bits per heavy atom. The molecular formula is C12H10Br2N2O2S. The zero-order chi connectivity index (χ0) is 14.0. The predicted molar refractivity (Wildman–Crippen MR) is 83.5 cm³/mol. The smallest absolute Gasteiger partial charge is 0.264 e. The fourth-order valence-corrected chi connectivity index (χ4v) is 3.75. The maximum absolute atomic E-state index is 12.3. The van der Waals surface area contributed by atoms with Gasteiger partial charge in [-0.25, -0.2) is 8.42 Å². The third-order valence-corrected chi connectivity index (χ3v) is 4.99. The lowest BCUT2D eigenvalue weighted by Gasteiger charge is -2.11. The van der Waals surface area contributed by atoms with Crippen LogP contribution in [0.4, 0.5) is 11.4 Å². The van der Waals surface area contributed by atoms with Gasteiger partial charge in [0, 0.05) is 8.95 Å². The van der Waals surface area contributed by atoms with E-state index in [1.54, 1.807) is 36.4 Å². The zero-order valence-electron chi connectivity index (χ0n) is 9.60. The summed E-state index contributed by atoms with van der Waals surface area (Å²) < 4.78 is 28.4. The first kappa shape index (κ1) is 14.4. The van der Waals surface area contributed by atoms with Crippen molar-refractivity contribution in [2.45, 2.75) is 4.90 Å². The van der Waals surface area contributed by atoms with Crippen molar-refractivity contribution in [1.29, 1.82) is 0 Å². The Kier molecular flexibility index (Phi) is 4.17. The number of nitrogen functional groups attached to an aromatic ring is 1. The highest BCUT2D eigenvalue weighted by Crippen LogP contribution is 2.28. The number of hydrogen-bond acceptors (Lipinski definition) is 3. The van der Waals surface area contributed by atoms with E-state index < -0.39 is 10.0 Å². The van der Waals surface area contributed by atoms with E-state index in [1.807, 2.05) is 0 Å². The highest BCUT2D eigenvalue weighted by molar-refractivity contribution is 9.10. The number of nitrogens with one attached hydrogen (secondary N) is 1. The third kappa shape index (κ3) is 3.29. The van der Waals surface area contributed by atoms with Crippen LogP contribution in [0.1, 0.15) is 0 Å². The second kappa shape index (κ2) is 5.52. The van der Waals surface area contributed by atoms with Crippen LogP contribution < -0.4 is 10.5 Å². The topological polar surface area (TPSA) is 72.2 Å². The van der Waals surface area contributed by atoms with Crippen LogP contribution in [0.25, 0.3) is 0 Å². The maximum Gasteiger partial charge on any atom is 0.264 e. The Labute approximate surface area is 128 Å². The Morgan fingerprint density at radius 3 is 2.42 bits per heavy atom. The molecule has 0 aliphatic heterocycles. The Morgan fingerprint density at radius 1 is 1.05 bits per heavy atom. The van der Waals surface area contributed by atoms with Gasteiger partial charge in [-0.3, -0.25) is 4.72 Å². The standard InChI is InChI=1S/C12H10Br2N2O2S/c13-8-5-6-10(15)12(7-8)19(17,18)16-11-4-2-1-3-9(11)14/h1-7,16H,15H2. The number of hydrogen-bond donors (Lipinski definition) is 2. The van der Waals surface area contributed by atoms with Gasteiger partial charge >= 0.3 is 0 Å². The average Bonchev–Trinajstić information content (AvgIpc) is 2.35. The SMILES string of the molecule is Nc1ccc(Br)cc1S(=O)(=O)Nc1ccccc1Br. The van der Waals surface area contributed by atoms with Gasteiger partial charge in [-0.2, -0.15) is 0 Å². The number of para-hydroxylation sites is 1. The molecule has 2 aromatic carbocycles. The molecule has 19 heavy (non-hydrogen) atoms. The number of rotatable bonds is 3. The molecule has 0 radical (unpaired) electrons. The van der Waals surface area contributed by atoms with Gasteiger partial charge in [0.25, 0.3) is 10.0 Å². The summed E-state index contributed by atoms with van der Waals surface area (Å²) in [5.41, 5.74) is 6.37. The van der Waals surface area contributed by atoms with Crippen LogP contribution in [0.2, 0.25) is 0 Å². The van der Waals surface area contributed by atoms with Crippen LogP contribution in [-0.4, -0.2) is 8.42 Å². The van der Waals surface area contributed by atoms with E-state index in [0.717, 1.165) is 0 Å². The van der Waals surface area contributed by atoms with E-state index in [9.17, 15) is 8.42 Å². The van der Waals surface area contributed by atoms with Crippen LogP contribution in [0.3, 0.4) is 0 Å². The molecule has 2 aromatic rings. The fraction of sp³-hybridized carbons (Fsp3) is 0. The molecule has 0 aliphatic carbocycles. The van der Waals surface area contributed by atoms with Crippen molar-refractivity contribution in [1.82, 2.24) is 0 Å². The highest BCUT2D eigenvalue weighted by atomic mass is 79.9. The maximum atomic E-state index is 12.3. The quantitative estimate of drug-likeness (QED) is 0.766. The van der Waals surface area contributed by atoms with Gasteiger partial charge in [0.2, 0.25) is 0 Å². The minimum absolute atomic E-state index is 0.0395. The molecule has 7 heteroatoms. The van der Waals surface area contributed by atoms with Crippen LogP contribution in [0, 0.1) is 0 Å². The van der Waals surface area contributed by atoms with Gasteiger partial charge in [-0.1, -0.05) is 28.1 Å². The summed E-state index contributed by atoms with van der Waals surface area (Å²) in [6.07, 6.45) is 0. The van der Waals surface area contributed by atoms with Crippen molar-refractivity contribution in [3.63, 3.8) is 0 Å². The lowest BCUT2D eigenvalue weighted by molar-refractivity contribution is 0.601. The summed E-state index contributed by atoms with van der Waals surface area (Å²) in [6.45, 7) is 0. The molecule has 0 aromatic heterocycles. The van der Waals surface area contributed by atoms with Crippen LogP contribution in [0.5, 0.6) is 0 Å². The average molecular weight is 406 g/mol. The Balaban J connectivity index is 2.44. The second-order valence-corrected chi connectivity index (χ2v) is 7.19. The second-order valence-electron chi connectivity index (χ2n) is 3.77. The summed E-state index contributed by atoms with van der Waals surface area (Å²) in [7, 11) is -3.72. The molecule has 0 heterocycles. The van der Waals surface area contributed by atoms with Crippen molar-refractivity contribution in [3.8, 4) is 0 Å². The van der Waals surface area contributed by atoms with Crippen LogP contribution >= 0.6 is 31.9 Å². The van der Waals surface area contributed by atoms with E-state index in [-0.39, 0.29) is 10.6 Å². The first-order valence-electron chi connectivity index (χ1n) is 5.22. The van der Waals surface area contributed by atoms with Crippen molar-refractivity contribution in [3.05, 3.63) is 51.4 Å². The molecular weight excluding hydrogens is 396 g/mol. The number of benzene rings is 2. The van der Waals surface area contributed by atoms with E-state index in [2.05, 4.69) is 36.6 Å². The molecule has 0 aliphatic rings. The van der Waals surface area contributed by atoms with Gasteiger partial charge in [0.15, 0.2) is 0 Å². The summed E-state index contributed by atoms with van der Waals surface area (Å²) in [5.74, 6) is 0. The van der Waals surface area contributed by atoms with Gasteiger partial charge in [-0.05, 0) is 46.3 Å². The minimum Gasteiger partial charge on any atom is -0.398 e. The normalized spacial score (nSPS) is 11.3. The molecule has 0 fully saturated rings. The summed E-state index contributed by atoms with van der Waals surface area (Å²) in [4.78, 5) is 0.0395. The fourth-order valence-electron chi connectivity index (χ4n) is 1.48. The first-order chi connectivity index (χ1) is 8.90. The molecule has 3 N–H and O–H groups in total. The van der Waals surface area contributed by atoms with Crippen LogP contribution in [0.15, 0.2) is 56.3 Å². The van der Waals surface area contributed by atoms with E-state index in [1.165, 1.54) is 6.07 Å². The van der Waals surface area contributed by atoms with Gasteiger partial charge < -0.3 is 5.73 Å². The molecule has 0 saturated heterocycles. The molecule has 0 amide bonds. The van der Waals surface area contributed by atoms with Gasteiger partial charge in [0.05, 0.1) is 11.4 Å². The zero-order valence-corrected chi connectivity index (χ0v) is 13.6. The van der Waals surface area contributed by atoms with E-state index in [0.29, 0.717) is 14.6 Å². The summed E-state index contributed by atoms with van der Waals surface area (Å²) in [5, 5.41) is 0. The molecule has 0 spiro atoms. The number of anilines is 2. The van der Waals surface area contributed by atoms with Crippen molar-refractivity contribution >= 4 is 53.3 Å². The monoisotopic (exact) mass is 404 g/mol. The van der Waals surface area contributed by atoms with E-state index in [4.69, 9.17) is 5.73 Å². The number of nitrogens with two attached hydrogens (primary N) is 1. The molecule has 0 saturated carbocycles. The van der Waals surface area contributed by atoms with Crippen LogP contribution in [-0.2, 0) is 10.0 Å². The largest absolute Gasteiger partial charge is 0.398 e. The van der Waals surface area contributed by atoms with Crippen molar-refractivity contribution in [2.24, 2.45) is 0 Å². The Hall–Kier alpha value is -1.05. The lowest BCUT2D eigenvalue weighted by atomic mass is 10.3. The first-order valence-corrected chi connectivity index (χ1v) is 8.29. The summed E-state index contributed by atoms with van der Waals surface area (Å²) >= 11 is 6.52. The van der Waals surface area contributed by atoms with Gasteiger partial charge in [0.1, 0.15) is 4.90 Å². The van der Waals surface area contributed by atoms with E-state index >= 15 is 0 Å². The molecule has 0 unspecified atom stereocenters. The molecule has 0 bridgehead atoms. The van der Waals surface area contributed by atoms with Crippen molar-refractivity contribution in [2.75, 3.05) is 10.5 Å². The molecule has 2 rings (SSSR count). The predicted octanol–water partition coefficient (Wildman–Crippen LogP) is 3.59. The highest BCUT2D eigenvalue weighted by Gasteiger charge is 2.18. The number of sulfonamides is 1. The van der Waals surface area contributed by atoms with Crippen molar-refractivity contribution < 1.29 is 8.42 Å². The molecule has 4 nitrogen and oxygen atoms in total. The number of halogens is 2. The third-order valence-electron chi connectivity index (χ3n) is 2.38. The van der Waals surface area contributed by atoms with Gasteiger partial charge in [-0.15, -0.1) is 0 Å². The Bertz CT molecular complexity index is 717. The lowest BCUT2D eigenvalue weighted by Crippen LogP contribution is -2.15. The minimum atomic E-state index is -3.72. The molecule has 100 valence electrons. The summed E-state index contributed by atoms with van der Waals surface area (Å²) in [6, 6.07) is 11.7. The molecule has 0 atom stereocenters.